The van der Waals surface area contributed by atoms with Crippen molar-refractivity contribution in [3.8, 4) is 17.1 Å². The van der Waals surface area contributed by atoms with Gasteiger partial charge in [0.2, 0.25) is 11.8 Å². The maximum Gasteiger partial charge on any atom is 0.242 e. The van der Waals surface area contributed by atoms with Crippen LogP contribution in [-0.2, 0) is 9.59 Å². The van der Waals surface area contributed by atoms with Gasteiger partial charge in [0.15, 0.2) is 11.7 Å². The van der Waals surface area contributed by atoms with Crippen molar-refractivity contribution in [3.63, 3.8) is 0 Å². The zero-order chi connectivity index (χ0) is 22.7. The van der Waals surface area contributed by atoms with Crippen molar-refractivity contribution in [3.05, 3.63) is 30.3 Å². The molecule has 0 unspecified atom stereocenters. The molecule has 3 heterocycles. The zero-order valence-electron chi connectivity index (χ0n) is 19.0. The molecule has 2 aromatic rings. The number of aryl methyl sites for hydroxylation is 1. The Morgan fingerprint density at radius 1 is 1.12 bits per heavy atom. The number of methoxy groups -OCH3 is 1. The highest BCUT2D eigenvalue weighted by atomic mass is 16.5. The van der Waals surface area contributed by atoms with Gasteiger partial charge >= 0.3 is 0 Å². The van der Waals surface area contributed by atoms with Crippen LogP contribution in [0.4, 0.5) is 5.69 Å². The highest BCUT2D eigenvalue weighted by Gasteiger charge is 2.26. The van der Waals surface area contributed by atoms with Gasteiger partial charge in [0.1, 0.15) is 5.75 Å². The maximum atomic E-state index is 12.7. The largest absolute Gasteiger partial charge is 0.496 e. The van der Waals surface area contributed by atoms with Gasteiger partial charge in [0.25, 0.3) is 0 Å². The Bertz CT molecular complexity index is 967. The van der Waals surface area contributed by atoms with Crippen molar-refractivity contribution in [2.24, 2.45) is 0 Å². The van der Waals surface area contributed by atoms with E-state index in [9.17, 15) is 9.59 Å². The first kappa shape index (κ1) is 22.1. The molecule has 172 valence electrons. The first-order valence-electron chi connectivity index (χ1n) is 11.0. The van der Waals surface area contributed by atoms with Crippen LogP contribution in [-0.4, -0.2) is 98.0 Å². The summed E-state index contributed by atoms with van der Waals surface area (Å²) in [7, 11) is 3.69. The number of ether oxygens (including phenoxy) is 1. The molecule has 2 saturated heterocycles. The fraction of sp³-hybridized carbons (Fsp3) is 0.522. The average Bonchev–Trinajstić information content (AvgIpc) is 3.15. The van der Waals surface area contributed by atoms with Gasteiger partial charge in [-0.25, -0.2) is 4.98 Å². The Balaban J connectivity index is 1.42. The molecule has 32 heavy (non-hydrogen) atoms. The fourth-order valence-corrected chi connectivity index (χ4v) is 4.18. The first-order valence-corrected chi connectivity index (χ1v) is 11.0. The van der Waals surface area contributed by atoms with Crippen molar-refractivity contribution < 1.29 is 18.7 Å². The first-order chi connectivity index (χ1) is 15.4. The summed E-state index contributed by atoms with van der Waals surface area (Å²) < 4.78 is 11.2. The second kappa shape index (κ2) is 9.60. The minimum Gasteiger partial charge on any atom is -0.496 e. The number of nitrogens with zero attached hydrogens (tertiary/aromatic N) is 5. The molecule has 0 spiro atoms. The lowest BCUT2D eigenvalue weighted by Gasteiger charge is -2.33. The normalized spacial score (nSPS) is 18.1. The zero-order valence-corrected chi connectivity index (χ0v) is 19.0. The molecule has 0 atom stereocenters. The molecule has 0 saturated carbocycles. The molecule has 2 aliphatic heterocycles. The molecular weight excluding hydrogens is 410 g/mol. The van der Waals surface area contributed by atoms with Crippen molar-refractivity contribution in [1.82, 2.24) is 19.7 Å². The molecule has 0 N–H and O–H groups in total. The number of hydrogen-bond donors (Lipinski definition) is 0. The highest BCUT2D eigenvalue weighted by Crippen LogP contribution is 2.34. The van der Waals surface area contributed by atoms with E-state index in [1.807, 2.05) is 23.1 Å². The van der Waals surface area contributed by atoms with Crippen LogP contribution in [0, 0.1) is 6.92 Å². The molecule has 0 radical (unpaired) electrons. The number of piperazine rings is 1. The van der Waals surface area contributed by atoms with E-state index in [0.717, 1.165) is 37.4 Å². The lowest BCUT2D eigenvalue weighted by Crippen LogP contribution is -2.51. The second-order valence-corrected chi connectivity index (χ2v) is 8.36. The van der Waals surface area contributed by atoms with Gasteiger partial charge < -0.3 is 28.8 Å². The molecule has 2 aliphatic rings. The van der Waals surface area contributed by atoms with Gasteiger partial charge in [-0.05, 0) is 19.2 Å². The Morgan fingerprint density at radius 2 is 1.91 bits per heavy atom. The molecule has 9 heteroatoms. The molecule has 2 fully saturated rings. The molecule has 9 nitrogen and oxygen atoms in total. The van der Waals surface area contributed by atoms with Gasteiger partial charge in [-0.2, -0.15) is 0 Å². The predicted molar refractivity (Wildman–Crippen MR) is 121 cm³/mol. The molecular formula is C23H31N5O4. The summed E-state index contributed by atoms with van der Waals surface area (Å²) in [6, 6.07) is 5.92. The molecule has 0 bridgehead atoms. The number of benzene rings is 1. The second-order valence-electron chi connectivity index (χ2n) is 8.36. The highest BCUT2D eigenvalue weighted by molar-refractivity contribution is 5.85. The van der Waals surface area contributed by atoms with E-state index >= 15 is 0 Å². The molecule has 2 amide bonds. The van der Waals surface area contributed by atoms with Gasteiger partial charge in [-0.3, -0.25) is 9.59 Å². The standard InChI is InChI=1S/C23H31N5O4/c1-17-24-15-21(32-17)19-5-4-18(14-20(19)31-3)26-7-6-22(29)28(13-12-26)16-23(30)27-10-8-25(2)9-11-27/h4-5,14-15H,6-13,16H2,1-3H3. The smallest absolute Gasteiger partial charge is 0.242 e. The minimum atomic E-state index is 0.0238. The number of carbonyl (C=O) groups excluding carboxylic acids is 2. The van der Waals surface area contributed by atoms with Crippen LogP contribution >= 0.6 is 0 Å². The van der Waals surface area contributed by atoms with Crippen molar-refractivity contribution in [1.29, 1.82) is 0 Å². The van der Waals surface area contributed by atoms with Gasteiger partial charge in [0, 0.05) is 70.9 Å². The predicted octanol–water partition coefficient (Wildman–Crippen LogP) is 1.47. The summed E-state index contributed by atoms with van der Waals surface area (Å²) in [6.07, 6.45) is 2.06. The third-order valence-corrected chi connectivity index (χ3v) is 6.21. The van der Waals surface area contributed by atoms with E-state index < -0.39 is 0 Å². The Kier molecular flexibility index (Phi) is 6.64. The van der Waals surface area contributed by atoms with E-state index in [-0.39, 0.29) is 18.4 Å². The molecule has 1 aromatic carbocycles. The molecule has 1 aromatic heterocycles. The summed E-state index contributed by atoms with van der Waals surface area (Å²) >= 11 is 0. The van der Waals surface area contributed by atoms with E-state index in [4.69, 9.17) is 9.15 Å². The van der Waals surface area contributed by atoms with Crippen LogP contribution in [0.2, 0.25) is 0 Å². The third-order valence-electron chi connectivity index (χ3n) is 6.21. The topological polar surface area (TPSA) is 82.4 Å². The van der Waals surface area contributed by atoms with Crippen LogP contribution in [0.3, 0.4) is 0 Å². The van der Waals surface area contributed by atoms with Crippen molar-refractivity contribution in [2.75, 3.05) is 71.4 Å². The average molecular weight is 442 g/mol. The van der Waals surface area contributed by atoms with Crippen LogP contribution in [0.1, 0.15) is 12.3 Å². The summed E-state index contributed by atoms with van der Waals surface area (Å²) in [6.45, 7) is 6.93. The summed E-state index contributed by atoms with van der Waals surface area (Å²) in [5.41, 5.74) is 1.81. The number of hydrogen-bond acceptors (Lipinski definition) is 7. The van der Waals surface area contributed by atoms with Gasteiger partial charge in [-0.1, -0.05) is 0 Å². The lowest BCUT2D eigenvalue weighted by atomic mass is 10.1. The van der Waals surface area contributed by atoms with E-state index in [2.05, 4.69) is 21.8 Å². The van der Waals surface area contributed by atoms with E-state index in [1.54, 1.807) is 25.1 Å². The number of amides is 2. The maximum absolute atomic E-state index is 12.7. The Labute approximate surface area is 188 Å². The van der Waals surface area contributed by atoms with Crippen LogP contribution < -0.4 is 9.64 Å². The number of aromatic nitrogens is 1. The Morgan fingerprint density at radius 3 is 2.59 bits per heavy atom. The number of rotatable bonds is 5. The van der Waals surface area contributed by atoms with Crippen molar-refractivity contribution in [2.45, 2.75) is 13.3 Å². The summed E-state index contributed by atoms with van der Waals surface area (Å²) in [5, 5.41) is 0. The third kappa shape index (κ3) is 4.88. The molecule has 4 rings (SSSR count). The van der Waals surface area contributed by atoms with Gasteiger partial charge in [-0.15, -0.1) is 0 Å². The number of anilines is 1. The SMILES string of the molecule is COc1cc(N2CCC(=O)N(CC(=O)N3CCN(C)CC3)CC2)ccc1-c1cnc(C)o1. The van der Waals surface area contributed by atoms with Crippen LogP contribution in [0.5, 0.6) is 5.75 Å². The summed E-state index contributed by atoms with van der Waals surface area (Å²) in [4.78, 5) is 37.5. The number of likely N-dealkylation sites (N-methyl/N-ethyl adjacent to an activating group) is 1. The number of oxazole rings is 1. The fourth-order valence-electron chi connectivity index (χ4n) is 4.18. The Hall–Kier alpha value is -3.07. The van der Waals surface area contributed by atoms with E-state index in [1.165, 1.54) is 0 Å². The monoisotopic (exact) mass is 441 g/mol. The number of carbonyl (C=O) groups is 2. The van der Waals surface area contributed by atoms with Gasteiger partial charge in [0.05, 0.1) is 25.4 Å². The van der Waals surface area contributed by atoms with Crippen molar-refractivity contribution >= 4 is 17.5 Å². The lowest BCUT2D eigenvalue weighted by molar-refractivity contribution is -0.140. The van der Waals surface area contributed by atoms with Crippen LogP contribution in [0.25, 0.3) is 11.3 Å². The summed E-state index contributed by atoms with van der Waals surface area (Å²) in [5.74, 6) is 2.01. The minimum absolute atomic E-state index is 0.0238. The quantitative estimate of drug-likeness (QED) is 0.695. The van der Waals surface area contributed by atoms with E-state index in [0.29, 0.717) is 43.5 Å². The molecule has 0 aliphatic carbocycles. The van der Waals surface area contributed by atoms with Crippen LogP contribution in [0.15, 0.2) is 28.8 Å².